The van der Waals surface area contributed by atoms with E-state index >= 15 is 0 Å². The fourth-order valence-electron chi connectivity index (χ4n) is 2.78. The van der Waals surface area contributed by atoms with Gasteiger partial charge in [0.25, 0.3) is 0 Å². The summed E-state index contributed by atoms with van der Waals surface area (Å²) in [4.78, 5) is 26.6. The third-order valence-corrected chi connectivity index (χ3v) is 3.86. The number of rotatable bonds is 4. The van der Waals surface area contributed by atoms with Gasteiger partial charge in [0.05, 0.1) is 6.61 Å². The second-order valence-corrected chi connectivity index (χ2v) is 6.62. The number of carbonyl (C=O) groups excluding carboxylic acids is 2. The van der Waals surface area contributed by atoms with E-state index in [-0.39, 0.29) is 23.3 Å². The Kier molecular flexibility index (Phi) is 3.85. The quantitative estimate of drug-likeness (QED) is 0.820. The highest BCUT2D eigenvalue weighted by Gasteiger charge is 2.49. The van der Waals surface area contributed by atoms with Crippen LogP contribution in [0.1, 0.15) is 33.6 Å². The third-order valence-electron chi connectivity index (χ3n) is 3.86. The van der Waals surface area contributed by atoms with E-state index in [0.717, 1.165) is 12.8 Å². The summed E-state index contributed by atoms with van der Waals surface area (Å²) >= 11 is 0. The molecule has 1 heterocycles. The predicted molar refractivity (Wildman–Crippen MR) is 71.5 cm³/mol. The predicted octanol–water partition coefficient (Wildman–Crippen LogP) is 0.784. The molecule has 1 aliphatic carbocycles. The first-order chi connectivity index (χ1) is 8.86. The molecule has 0 spiro atoms. The van der Waals surface area contributed by atoms with Crippen LogP contribution in [-0.4, -0.2) is 49.1 Å². The molecule has 1 saturated heterocycles. The second kappa shape index (κ2) is 5.12. The lowest BCUT2D eigenvalue weighted by atomic mass is 9.82. The van der Waals surface area contributed by atoms with Gasteiger partial charge in [-0.3, -0.25) is 9.59 Å². The van der Waals surface area contributed by atoms with E-state index in [1.54, 1.807) is 12.0 Å². The van der Waals surface area contributed by atoms with Gasteiger partial charge in [0.1, 0.15) is 12.1 Å². The van der Waals surface area contributed by atoms with E-state index in [2.05, 4.69) is 5.32 Å². The Morgan fingerprint density at radius 2 is 1.95 bits per heavy atom. The van der Waals surface area contributed by atoms with Gasteiger partial charge in [-0.1, -0.05) is 20.8 Å². The van der Waals surface area contributed by atoms with Gasteiger partial charge < -0.3 is 15.0 Å². The molecule has 0 radical (unpaired) electrons. The minimum absolute atomic E-state index is 0.0277. The van der Waals surface area contributed by atoms with Crippen molar-refractivity contribution in [3.8, 4) is 0 Å². The monoisotopic (exact) mass is 268 g/mol. The maximum Gasteiger partial charge on any atom is 0.246 e. The Morgan fingerprint density at radius 1 is 1.32 bits per heavy atom. The summed E-state index contributed by atoms with van der Waals surface area (Å²) in [5, 5.41) is 2.92. The van der Waals surface area contributed by atoms with Crippen LogP contribution >= 0.6 is 0 Å². The molecule has 2 atom stereocenters. The molecular formula is C14H24N2O3. The van der Waals surface area contributed by atoms with Crippen molar-refractivity contribution in [1.82, 2.24) is 10.2 Å². The summed E-state index contributed by atoms with van der Waals surface area (Å²) in [6.45, 7) is 6.90. The Bertz CT molecular complexity index is 371. The smallest absolute Gasteiger partial charge is 0.246 e. The van der Waals surface area contributed by atoms with Crippen LogP contribution in [-0.2, 0) is 14.3 Å². The molecule has 0 aromatic rings. The van der Waals surface area contributed by atoms with Crippen LogP contribution in [0.5, 0.6) is 0 Å². The first-order valence-electron chi connectivity index (χ1n) is 6.96. The van der Waals surface area contributed by atoms with Crippen LogP contribution in [0.15, 0.2) is 0 Å². The standard InChI is InChI=1S/C14H24N2O3/c1-14(2,3)11-12(17)15-10(9-5-6-9)13(18)16(11)7-8-19-4/h9-11H,5-8H2,1-4H3,(H,15,17). The number of carbonyl (C=O) groups is 2. The molecule has 2 rings (SSSR count). The lowest BCUT2D eigenvalue weighted by Crippen LogP contribution is -2.67. The topological polar surface area (TPSA) is 58.6 Å². The van der Waals surface area contributed by atoms with Gasteiger partial charge in [0.2, 0.25) is 11.8 Å². The van der Waals surface area contributed by atoms with Crippen molar-refractivity contribution in [2.75, 3.05) is 20.3 Å². The number of piperazine rings is 1. The molecule has 1 saturated carbocycles. The van der Waals surface area contributed by atoms with Crippen molar-refractivity contribution in [1.29, 1.82) is 0 Å². The van der Waals surface area contributed by atoms with Gasteiger partial charge in [-0.25, -0.2) is 0 Å². The summed E-state index contributed by atoms with van der Waals surface area (Å²) < 4.78 is 5.07. The zero-order valence-electron chi connectivity index (χ0n) is 12.2. The number of hydrogen-bond donors (Lipinski definition) is 1. The minimum Gasteiger partial charge on any atom is -0.383 e. The van der Waals surface area contributed by atoms with Gasteiger partial charge in [0, 0.05) is 13.7 Å². The van der Waals surface area contributed by atoms with Crippen LogP contribution in [0, 0.1) is 11.3 Å². The molecule has 19 heavy (non-hydrogen) atoms. The van der Waals surface area contributed by atoms with Gasteiger partial charge in [-0.05, 0) is 24.2 Å². The van der Waals surface area contributed by atoms with Crippen LogP contribution in [0.3, 0.4) is 0 Å². The average molecular weight is 268 g/mol. The third kappa shape index (κ3) is 2.91. The highest BCUT2D eigenvalue weighted by atomic mass is 16.5. The fourth-order valence-corrected chi connectivity index (χ4v) is 2.78. The van der Waals surface area contributed by atoms with Crippen molar-refractivity contribution in [2.45, 2.75) is 45.7 Å². The minimum atomic E-state index is -0.412. The first kappa shape index (κ1) is 14.3. The molecule has 0 aromatic heterocycles. The number of hydrogen-bond acceptors (Lipinski definition) is 3. The Labute approximate surface area is 114 Å². The lowest BCUT2D eigenvalue weighted by molar-refractivity contribution is -0.155. The van der Waals surface area contributed by atoms with E-state index in [9.17, 15) is 9.59 Å². The zero-order chi connectivity index (χ0) is 14.2. The highest BCUT2D eigenvalue weighted by molar-refractivity contribution is 5.97. The first-order valence-corrected chi connectivity index (χ1v) is 6.96. The number of nitrogens with zero attached hydrogens (tertiary/aromatic N) is 1. The van der Waals surface area contributed by atoms with E-state index in [1.165, 1.54) is 0 Å². The molecule has 5 nitrogen and oxygen atoms in total. The summed E-state index contributed by atoms with van der Waals surface area (Å²) in [7, 11) is 1.61. The molecule has 0 bridgehead atoms. The summed E-state index contributed by atoms with van der Waals surface area (Å²) in [5.41, 5.74) is -0.276. The molecular weight excluding hydrogens is 244 g/mol. The number of ether oxygens (including phenoxy) is 1. The molecule has 2 unspecified atom stereocenters. The van der Waals surface area contributed by atoms with E-state index < -0.39 is 6.04 Å². The van der Waals surface area contributed by atoms with Crippen molar-refractivity contribution in [3.05, 3.63) is 0 Å². The van der Waals surface area contributed by atoms with Crippen molar-refractivity contribution in [3.63, 3.8) is 0 Å². The Morgan fingerprint density at radius 3 is 2.42 bits per heavy atom. The molecule has 2 fully saturated rings. The lowest BCUT2D eigenvalue weighted by Gasteiger charge is -2.44. The van der Waals surface area contributed by atoms with Crippen LogP contribution in [0.4, 0.5) is 0 Å². The van der Waals surface area contributed by atoms with Crippen molar-refractivity contribution < 1.29 is 14.3 Å². The van der Waals surface area contributed by atoms with Gasteiger partial charge >= 0.3 is 0 Å². The summed E-state index contributed by atoms with van der Waals surface area (Å²) in [6.07, 6.45) is 2.07. The summed E-state index contributed by atoms with van der Waals surface area (Å²) in [6, 6.07) is -0.729. The molecule has 5 heteroatoms. The van der Waals surface area contributed by atoms with Gasteiger partial charge in [-0.15, -0.1) is 0 Å². The van der Waals surface area contributed by atoms with E-state index in [4.69, 9.17) is 4.74 Å². The second-order valence-electron chi connectivity index (χ2n) is 6.62. The normalized spacial score (nSPS) is 28.5. The van der Waals surface area contributed by atoms with E-state index in [1.807, 2.05) is 20.8 Å². The van der Waals surface area contributed by atoms with Crippen LogP contribution in [0.25, 0.3) is 0 Å². The molecule has 1 aliphatic heterocycles. The van der Waals surface area contributed by atoms with Crippen LogP contribution in [0.2, 0.25) is 0 Å². The molecule has 2 aliphatic rings. The van der Waals surface area contributed by atoms with Crippen molar-refractivity contribution >= 4 is 11.8 Å². The molecule has 2 amide bonds. The molecule has 108 valence electrons. The van der Waals surface area contributed by atoms with Gasteiger partial charge in [-0.2, -0.15) is 0 Å². The average Bonchev–Trinajstić information content (AvgIpc) is 3.11. The largest absolute Gasteiger partial charge is 0.383 e. The van der Waals surface area contributed by atoms with Gasteiger partial charge in [0.15, 0.2) is 0 Å². The maximum atomic E-state index is 12.6. The number of methoxy groups -OCH3 is 1. The SMILES string of the molecule is COCCN1C(=O)C(C2CC2)NC(=O)C1C(C)(C)C. The Hall–Kier alpha value is -1.10. The number of amides is 2. The Balaban J connectivity index is 2.21. The molecule has 1 N–H and O–H groups in total. The summed E-state index contributed by atoms with van der Waals surface area (Å²) in [5.74, 6) is 0.363. The number of nitrogens with one attached hydrogen (secondary N) is 1. The zero-order valence-corrected chi connectivity index (χ0v) is 12.2. The molecule has 0 aromatic carbocycles. The van der Waals surface area contributed by atoms with Crippen LogP contribution < -0.4 is 5.32 Å². The fraction of sp³-hybridized carbons (Fsp3) is 0.857. The highest BCUT2D eigenvalue weighted by Crippen LogP contribution is 2.37. The van der Waals surface area contributed by atoms with Crippen molar-refractivity contribution in [2.24, 2.45) is 11.3 Å². The maximum absolute atomic E-state index is 12.6. The van der Waals surface area contributed by atoms with E-state index in [0.29, 0.717) is 19.1 Å².